The van der Waals surface area contributed by atoms with Gasteiger partial charge in [0, 0.05) is 12.6 Å². The third-order valence-corrected chi connectivity index (χ3v) is 4.28. The van der Waals surface area contributed by atoms with Crippen molar-refractivity contribution in [2.75, 3.05) is 0 Å². The van der Waals surface area contributed by atoms with Crippen molar-refractivity contribution in [2.45, 2.75) is 32.9 Å². The Kier molecular flexibility index (Phi) is 4.35. The molecule has 0 spiro atoms. The van der Waals surface area contributed by atoms with Gasteiger partial charge in [-0.3, -0.25) is 14.1 Å². The van der Waals surface area contributed by atoms with Crippen LogP contribution in [0.2, 0.25) is 0 Å². The molecule has 0 saturated carbocycles. The molecule has 4 rings (SSSR count). The minimum absolute atomic E-state index is 0.112. The highest BCUT2D eigenvalue weighted by molar-refractivity contribution is 5.75. The highest BCUT2D eigenvalue weighted by Crippen LogP contribution is 2.14. The van der Waals surface area contributed by atoms with E-state index in [0.29, 0.717) is 18.3 Å². The molecular weight excluding hydrogens is 330 g/mol. The molecule has 3 heterocycles. The minimum Gasteiger partial charge on any atom is -0.339 e. The summed E-state index contributed by atoms with van der Waals surface area (Å²) in [7, 11) is 0. The van der Waals surface area contributed by atoms with Crippen molar-refractivity contribution in [2.24, 2.45) is 0 Å². The molecule has 0 amide bonds. The Hall–Kier alpha value is -3.22. The third-order valence-electron chi connectivity index (χ3n) is 4.28. The van der Waals surface area contributed by atoms with E-state index in [2.05, 4.69) is 22.0 Å². The maximum atomic E-state index is 13.0. The number of pyridine rings is 1. The van der Waals surface area contributed by atoms with Gasteiger partial charge in [0.05, 0.1) is 30.3 Å². The molecule has 0 aliphatic rings. The largest absolute Gasteiger partial charge is 0.339 e. The molecule has 132 valence electrons. The van der Waals surface area contributed by atoms with Crippen LogP contribution in [0.25, 0.3) is 11.0 Å². The SMILES string of the molecule is CCCc1nc(Cn2c(=O)n(Cc3ccccc3)c3ccncc32)no1. The van der Waals surface area contributed by atoms with Crippen LogP contribution >= 0.6 is 0 Å². The van der Waals surface area contributed by atoms with Crippen molar-refractivity contribution in [3.05, 3.63) is 76.6 Å². The predicted octanol–water partition coefficient (Wildman–Crippen LogP) is 2.63. The van der Waals surface area contributed by atoms with E-state index in [0.717, 1.165) is 29.4 Å². The van der Waals surface area contributed by atoms with Crippen LogP contribution in [0.3, 0.4) is 0 Å². The summed E-state index contributed by atoms with van der Waals surface area (Å²) in [6.45, 7) is 2.81. The summed E-state index contributed by atoms with van der Waals surface area (Å²) in [5.74, 6) is 1.10. The number of imidazole rings is 1. The van der Waals surface area contributed by atoms with Crippen LogP contribution in [0, 0.1) is 0 Å². The molecule has 0 saturated heterocycles. The average Bonchev–Trinajstić information content (AvgIpc) is 3.21. The van der Waals surface area contributed by atoms with E-state index in [4.69, 9.17) is 4.52 Å². The van der Waals surface area contributed by atoms with Crippen molar-refractivity contribution in [1.29, 1.82) is 0 Å². The number of nitrogens with zero attached hydrogens (tertiary/aromatic N) is 5. The first kappa shape index (κ1) is 16.3. The molecule has 0 unspecified atom stereocenters. The Morgan fingerprint density at radius 1 is 1.04 bits per heavy atom. The topological polar surface area (TPSA) is 78.7 Å². The number of rotatable bonds is 6. The lowest BCUT2D eigenvalue weighted by Crippen LogP contribution is -2.25. The zero-order chi connectivity index (χ0) is 17.9. The van der Waals surface area contributed by atoms with E-state index in [1.54, 1.807) is 21.5 Å². The summed E-state index contributed by atoms with van der Waals surface area (Å²) < 4.78 is 8.63. The standard InChI is InChI=1S/C19H19N5O2/c1-2-6-18-21-17(22-26-18)13-24-16-11-20-10-9-15(16)23(19(24)25)12-14-7-4-3-5-8-14/h3-5,7-11H,2,6,12-13H2,1H3. The van der Waals surface area contributed by atoms with E-state index in [1.807, 2.05) is 36.4 Å². The molecule has 4 aromatic rings. The van der Waals surface area contributed by atoms with E-state index in [9.17, 15) is 4.79 Å². The van der Waals surface area contributed by atoms with Gasteiger partial charge in [-0.25, -0.2) is 4.79 Å². The second-order valence-corrected chi connectivity index (χ2v) is 6.16. The second kappa shape index (κ2) is 6.95. The van der Waals surface area contributed by atoms with Crippen LogP contribution < -0.4 is 5.69 Å². The molecule has 0 N–H and O–H groups in total. The van der Waals surface area contributed by atoms with Gasteiger partial charge in [0.1, 0.15) is 0 Å². The normalized spacial score (nSPS) is 11.3. The maximum Gasteiger partial charge on any atom is 0.329 e. The molecule has 0 aliphatic carbocycles. The third kappa shape index (κ3) is 3.03. The number of fused-ring (bicyclic) bond motifs is 1. The summed E-state index contributed by atoms with van der Waals surface area (Å²) >= 11 is 0. The zero-order valence-electron chi connectivity index (χ0n) is 14.5. The first-order chi connectivity index (χ1) is 12.8. The van der Waals surface area contributed by atoms with Gasteiger partial charge in [0.25, 0.3) is 0 Å². The van der Waals surface area contributed by atoms with Gasteiger partial charge in [-0.05, 0) is 18.1 Å². The molecule has 1 aromatic carbocycles. The van der Waals surface area contributed by atoms with Gasteiger partial charge in [0.15, 0.2) is 5.82 Å². The van der Waals surface area contributed by atoms with Crippen molar-refractivity contribution in [1.82, 2.24) is 24.3 Å². The monoisotopic (exact) mass is 349 g/mol. The second-order valence-electron chi connectivity index (χ2n) is 6.16. The first-order valence-electron chi connectivity index (χ1n) is 8.64. The number of benzene rings is 1. The van der Waals surface area contributed by atoms with E-state index in [-0.39, 0.29) is 12.2 Å². The lowest BCUT2D eigenvalue weighted by molar-refractivity contribution is 0.371. The molecular formula is C19H19N5O2. The van der Waals surface area contributed by atoms with Gasteiger partial charge in [-0.2, -0.15) is 4.98 Å². The minimum atomic E-state index is -0.112. The quantitative estimate of drug-likeness (QED) is 0.535. The van der Waals surface area contributed by atoms with Gasteiger partial charge in [-0.15, -0.1) is 0 Å². The Morgan fingerprint density at radius 2 is 1.85 bits per heavy atom. The van der Waals surface area contributed by atoms with Crippen LogP contribution in [-0.4, -0.2) is 24.3 Å². The average molecular weight is 349 g/mol. The number of hydrogen-bond donors (Lipinski definition) is 0. The fraction of sp³-hybridized carbons (Fsp3) is 0.263. The van der Waals surface area contributed by atoms with Gasteiger partial charge < -0.3 is 4.52 Å². The number of hydrogen-bond acceptors (Lipinski definition) is 5. The summed E-state index contributed by atoms with van der Waals surface area (Å²) in [6, 6.07) is 11.8. The van der Waals surface area contributed by atoms with Gasteiger partial charge in [0.2, 0.25) is 5.89 Å². The molecule has 7 heteroatoms. The number of aryl methyl sites for hydroxylation is 1. The summed E-state index contributed by atoms with van der Waals surface area (Å²) in [6.07, 6.45) is 5.06. The van der Waals surface area contributed by atoms with E-state index in [1.165, 1.54) is 0 Å². The summed E-state index contributed by atoms with van der Waals surface area (Å²) in [4.78, 5) is 21.6. The van der Waals surface area contributed by atoms with Crippen LogP contribution in [0.5, 0.6) is 0 Å². The summed E-state index contributed by atoms with van der Waals surface area (Å²) in [5, 5.41) is 4.00. The zero-order valence-corrected chi connectivity index (χ0v) is 14.5. The molecule has 0 bridgehead atoms. The molecule has 26 heavy (non-hydrogen) atoms. The van der Waals surface area contributed by atoms with Crippen molar-refractivity contribution in [3.8, 4) is 0 Å². The maximum absolute atomic E-state index is 13.0. The highest BCUT2D eigenvalue weighted by Gasteiger charge is 2.16. The smallest absolute Gasteiger partial charge is 0.329 e. The van der Waals surface area contributed by atoms with Crippen molar-refractivity contribution in [3.63, 3.8) is 0 Å². The van der Waals surface area contributed by atoms with Crippen LogP contribution in [0.1, 0.15) is 30.6 Å². The Labute approximate surface area is 149 Å². The first-order valence-corrected chi connectivity index (χ1v) is 8.64. The van der Waals surface area contributed by atoms with Crippen molar-refractivity contribution >= 4 is 11.0 Å². The van der Waals surface area contributed by atoms with Crippen LogP contribution in [-0.2, 0) is 19.5 Å². The Morgan fingerprint density at radius 3 is 2.65 bits per heavy atom. The van der Waals surface area contributed by atoms with Gasteiger partial charge in [-0.1, -0.05) is 42.4 Å². The molecule has 0 fully saturated rings. The number of aromatic nitrogens is 5. The molecule has 3 aromatic heterocycles. The lowest BCUT2D eigenvalue weighted by Gasteiger charge is -2.03. The molecule has 0 atom stereocenters. The lowest BCUT2D eigenvalue weighted by atomic mass is 10.2. The summed E-state index contributed by atoms with van der Waals surface area (Å²) in [5.41, 5.74) is 2.55. The molecule has 0 aliphatic heterocycles. The highest BCUT2D eigenvalue weighted by atomic mass is 16.5. The Bertz CT molecular complexity index is 1080. The Balaban J connectivity index is 1.75. The fourth-order valence-electron chi connectivity index (χ4n) is 3.05. The fourth-order valence-corrected chi connectivity index (χ4v) is 3.05. The van der Waals surface area contributed by atoms with Crippen LogP contribution in [0.4, 0.5) is 0 Å². The molecule has 7 nitrogen and oxygen atoms in total. The molecule has 0 radical (unpaired) electrons. The van der Waals surface area contributed by atoms with Crippen LogP contribution in [0.15, 0.2) is 58.1 Å². The van der Waals surface area contributed by atoms with E-state index >= 15 is 0 Å². The van der Waals surface area contributed by atoms with Crippen molar-refractivity contribution < 1.29 is 4.52 Å². The van der Waals surface area contributed by atoms with E-state index < -0.39 is 0 Å². The predicted molar refractivity (Wildman–Crippen MR) is 96.9 cm³/mol. The van der Waals surface area contributed by atoms with Gasteiger partial charge >= 0.3 is 5.69 Å².